The van der Waals surface area contributed by atoms with Gasteiger partial charge in [-0.15, -0.1) is 0 Å². The lowest BCUT2D eigenvalue weighted by Crippen LogP contribution is -2.62. The predicted molar refractivity (Wildman–Crippen MR) is 228 cm³/mol. The van der Waals surface area contributed by atoms with Gasteiger partial charge in [0.05, 0.1) is 0 Å². The monoisotopic (exact) mass is 845 g/mol. The normalized spacial score (nSPS) is 52.1. The predicted octanol–water partition coefficient (Wildman–Crippen LogP) is 9.69. The fraction of sp³-hybridized carbons (Fsp3) is 0.885. The lowest BCUT2D eigenvalue weighted by molar-refractivity contribution is -0.197. The van der Waals surface area contributed by atoms with Crippen LogP contribution < -0.4 is 0 Å². The Morgan fingerprint density at radius 2 is 1.02 bits per heavy atom. The molecule has 16 aliphatic rings. The van der Waals surface area contributed by atoms with Crippen LogP contribution in [0.3, 0.4) is 0 Å². The van der Waals surface area contributed by atoms with E-state index in [1.54, 1.807) is 0 Å². The average Bonchev–Trinajstić information content (AvgIpc) is 3.75. The lowest BCUT2D eigenvalue weighted by atomic mass is 9.42. The number of rotatable bonds is 2. The van der Waals surface area contributed by atoms with E-state index in [-0.39, 0.29) is 124 Å². The summed E-state index contributed by atoms with van der Waals surface area (Å²) in [7, 11) is 0. The van der Waals surface area contributed by atoms with Gasteiger partial charge in [-0.05, 0) is 160 Å². The van der Waals surface area contributed by atoms with Crippen LogP contribution in [0.15, 0.2) is 0 Å². The Balaban J connectivity index is 1.04. The molecule has 0 aromatic rings. The average molecular weight is 845 g/mol. The van der Waals surface area contributed by atoms with Gasteiger partial charge in [-0.25, -0.2) is 0 Å². The molecule has 9 nitrogen and oxygen atoms in total. The molecule has 61 heavy (non-hydrogen) atoms. The summed E-state index contributed by atoms with van der Waals surface area (Å²) in [6, 6.07) is 0. The van der Waals surface area contributed by atoms with Crippen molar-refractivity contribution >= 4 is 35.3 Å². The van der Waals surface area contributed by atoms with Crippen LogP contribution in [-0.2, 0) is 43.0 Å². The first-order valence-corrected chi connectivity index (χ1v) is 24.9. The summed E-state index contributed by atoms with van der Waals surface area (Å²) in [6.07, 6.45) is 12.5. The molecule has 0 spiro atoms. The first-order valence-electron chi connectivity index (χ1n) is 24.9. The van der Waals surface area contributed by atoms with Crippen LogP contribution in [0.1, 0.15) is 171 Å². The first-order chi connectivity index (χ1) is 28.8. The summed E-state index contributed by atoms with van der Waals surface area (Å²) in [6.45, 7) is 16.6. The molecule has 0 aromatic carbocycles. The minimum atomic E-state index is -0.540. The zero-order chi connectivity index (χ0) is 43.6. The van der Waals surface area contributed by atoms with E-state index >= 15 is 0 Å². The van der Waals surface area contributed by atoms with Crippen LogP contribution in [0.5, 0.6) is 0 Å². The molecule has 9 heteroatoms. The van der Waals surface area contributed by atoms with Gasteiger partial charge in [0.15, 0.2) is 0 Å². The third-order valence-corrected chi connectivity index (χ3v) is 21.5. The van der Waals surface area contributed by atoms with Gasteiger partial charge in [-0.2, -0.15) is 0 Å². The van der Waals surface area contributed by atoms with E-state index in [0.717, 1.165) is 77.0 Å². The summed E-state index contributed by atoms with van der Waals surface area (Å²) >= 11 is 0. The van der Waals surface area contributed by atoms with Crippen LogP contribution >= 0.6 is 0 Å². The van der Waals surface area contributed by atoms with Gasteiger partial charge >= 0.3 is 17.9 Å². The summed E-state index contributed by atoms with van der Waals surface area (Å²) < 4.78 is 18.9. The molecule has 0 N–H and O–H groups in total. The molecule has 16 bridgehead atoms. The molecule has 0 amide bonds. The summed E-state index contributed by atoms with van der Waals surface area (Å²) in [5.41, 5.74) is -1.28. The Labute approximate surface area is 365 Å². The maximum Gasteiger partial charge on any atom is 0.306 e. The number of hydrogen-bond donors (Lipinski definition) is 0. The van der Waals surface area contributed by atoms with E-state index < -0.39 is 10.8 Å². The minimum Gasteiger partial charge on any atom is -0.462 e. The van der Waals surface area contributed by atoms with Crippen LogP contribution in [0.4, 0.5) is 0 Å². The minimum absolute atomic E-state index is 0.0464. The molecular formula is C52H76O9. The van der Waals surface area contributed by atoms with Crippen molar-refractivity contribution in [1.82, 2.24) is 0 Å². The van der Waals surface area contributed by atoms with Crippen molar-refractivity contribution < 1.29 is 43.0 Å². The van der Waals surface area contributed by atoms with Crippen LogP contribution in [0.2, 0.25) is 0 Å². The van der Waals surface area contributed by atoms with E-state index in [1.165, 1.54) is 13.8 Å². The highest BCUT2D eigenvalue weighted by Gasteiger charge is 2.69. The number of esters is 3. The molecule has 16 rings (SSSR count). The Hall–Kier alpha value is -2.58. The quantitative estimate of drug-likeness (QED) is 0.197. The highest BCUT2D eigenvalue weighted by atomic mass is 16.6. The largest absolute Gasteiger partial charge is 0.462 e. The van der Waals surface area contributed by atoms with Crippen LogP contribution in [-0.4, -0.2) is 53.6 Å². The number of hydrogen-bond acceptors (Lipinski definition) is 9. The molecule has 8 aliphatic carbocycles. The van der Waals surface area contributed by atoms with E-state index in [1.807, 2.05) is 0 Å². The van der Waals surface area contributed by atoms with E-state index in [4.69, 9.17) is 14.2 Å². The molecule has 16 fully saturated rings. The second kappa shape index (κ2) is 15.5. The second-order valence-corrected chi connectivity index (χ2v) is 23.8. The smallest absolute Gasteiger partial charge is 0.306 e. The standard InChI is InChI=1S/C52H76O9/c1-27-9-15-41(55)31-17-19-49(5)32(21-31)23-42(59-29(3)53)47-37-14-12-36(52(37,8)44(56)25-39(47)49)28(2)10-16-46(58)61-34-18-20-50(6)33(22-34)24-43(60-30(4)54)48-38-13-11-35(27)51(38,7)45(57)26-40(48)50/h27-28,31-40,42-43,47-48H,9-26H2,1-8H3/t27-,28-,31-,32+,33+,34-,35-,36-,37+,38+,39+,40+,42-,43-,47+,48+,49+,50+,51-,52-/m1/s1. The molecule has 20 atom stereocenters. The van der Waals surface area contributed by atoms with E-state index in [0.29, 0.717) is 55.9 Å². The molecule has 338 valence electrons. The molecule has 8 saturated heterocycles. The van der Waals surface area contributed by atoms with Crippen LogP contribution in [0.25, 0.3) is 0 Å². The topological polar surface area (TPSA) is 130 Å². The summed E-state index contributed by atoms with van der Waals surface area (Å²) in [5.74, 6) is 1.94. The Kier molecular flexibility index (Phi) is 11.1. The van der Waals surface area contributed by atoms with Gasteiger partial charge in [-0.1, -0.05) is 41.5 Å². The highest BCUT2D eigenvalue weighted by molar-refractivity contribution is 5.88. The van der Waals surface area contributed by atoms with Gasteiger partial charge in [0.2, 0.25) is 0 Å². The fourth-order valence-electron chi connectivity index (χ4n) is 18.3. The summed E-state index contributed by atoms with van der Waals surface area (Å²) in [5, 5.41) is 0. The number of carbonyl (C=O) groups is 6. The van der Waals surface area contributed by atoms with E-state index in [2.05, 4.69) is 41.5 Å². The summed E-state index contributed by atoms with van der Waals surface area (Å²) in [4.78, 5) is 83.1. The molecule has 0 radical (unpaired) electrons. The molecular weight excluding hydrogens is 769 g/mol. The van der Waals surface area contributed by atoms with Gasteiger partial charge < -0.3 is 14.2 Å². The Bertz CT molecular complexity index is 1820. The zero-order valence-electron chi connectivity index (χ0n) is 38.6. The third kappa shape index (κ3) is 6.77. The zero-order valence-corrected chi connectivity index (χ0v) is 38.6. The maximum absolute atomic E-state index is 14.8. The van der Waals surface area contributed by atoms with Crippen molar-refractivity contribution in [3.05, 3.63) is 0 Å². The van der Waals surface area contributed by atoms with Gasteiger partial charge in [0.25, 0.3) is 0 Å². The molecule has 8 saturated carbocycles. The van der Waals surface area contributed by atoms with Gasteiger partial charge in [-0.3, -0.25) is 28.8 Å². The fourth-order valence-corrected chi connectivity index (χ4v) is 18.3. The number of carbonyl (C=O) groups excluding carboxylic acids is 6. The molecule has 0 aromatic heterocycles. The van der Waals surface area contributed by atoms with Crippen molar-refractivity contribution in [3.63, 3.8) is 0 Å². The molecule has 8 aliphatic heterocycles. The maximum atomic E-state index is 14.8. The lowest BCUT2D eigenvalue weighted by Gasteiger charge is -2.62. The van der Waals surface area contributed by atoms with Gasteiger partial charge in [0.1, 0.15) is 35.7 Å². The number of ketones is 3. The highest BCUT2D eigenvalue weighted by Crippen LogP contribution is 2.70. The number of ether oxygens (including phenoxy) is 3. The van der Waals surface area contributed by atoms with E-state index in [9.17, 15) is 28.8 Å². The molecule has 0 unspecified atom stereocenters. The second-order valence-electron chi connectivity index (χ2n) is 23.8. The van der Waals surface area contributed by atoms with Crippen molar-refractivity contribution in [3.8, 4) is 0 Å². The molecule has 8 heterocycles. The van der Waals surface area contributed by atoms with Crippen LogP contribution in [0, 0.1) is 98.6 Å². The van der Waals surface area contributed by atoms with Crippen molar-refractivity contribution in [2.45, 2.75) is 189 Å². The third-order valence-electron chi connectivity index (χ3n) is 21.5. The first kappa shape index (κ1) is 43.7. The van der Waals surface area contributed by atoms with Crippen molar-refractivity contribution in [2.24, 2.45) is 98.6 Å². The Morgan fingerprint density at radius 1 is 0.557 bits per heavy atom. The number of Topliss-reactive ketones (excluding diaryl/α,β-unsaturated/α-hetero) is 3. The van der Waals surface area contributed by atoms with Crippen molar-refractivity contribution in [2.75, 3.05) is 0 Å². The SMILES string of the molecule is CC(=O)O[C@@H]1C[C@@H]2C[C@H]3CC[C@]2(C)[C@H]2CC(=O)[C@]4(C)[C@H](CC[C@H]4[C@H]12)[C@H](C)CCC(=O)[C@@H]1CC[C@@]2(C)[C@@H](C1)C[C@@H](OC(C)=O)[C@@H]1[C@@H]2CC(=O)[C@]2(C)[C@H](CC[C@@H]12)[C@H](C)CCC(=O)O3. The Morgan fingerprint density at radius 3 is 1.52 bits per heavy atom. The van der Waals surface area contributed by atoms with Crippen molar-refractivity contribution in [1.29, 1.82) is 0 Å². The van der Waals surface area contributed by atoms with Gasteiger partial charge in [0, 0.05) is 68.1 Å².